The molecule has 0 atom stereocenters. The highest BCUT2D eigenvalue weighted by Crippen LogP contribution is 2.35. The molecule has 8 heteroatoms. The molecule has 0 spiro atoms. The number of rotatable bonds is 7. The second-order valence-electron chi connectivity index (χ2n) is 8.42. The van der Waals surface area contributed by atoms with Gasteiger partial charge in [0.15, 0.2) is 11.5 Å². The molecule has 3 aromatic carbocycles. The SMILES string of the molecule is CC(C)(CNC(=O)c1ccc(S(=O)(=O)Nc2ccccc2)cc1)c1ccc2c(c1)OCCO2. The summed E-state index contributed by atoms with van der Waals surface area (Å²) in [4.78, 5) is 12.8. The fourth-order valence-corrected chi connectivity index (χ4v) is 4.53. The molecule has 0 radical (unpaired) electrons. The smallest absolute Gasteiger partial charge is 0.261 e. The number of anilines is 1. The zero-order chi connectivity index (χ0) is 23.5. The number of carbonyl (C=O) groups excluding carboxylic acids is 1. The Morgan fingerprint density at radius 3 is 2.27 bits per heavy atom. The second kappa shape index (κ2) is 9.15. The van der Waals surface area contributed by atoms with E-state index in [1.54, 1.807) is 30.3 Å². The predicted molar refractivity (Wildman–Crippen MR) is 126 cm³/mol. The van der Waals surface area contributed by atoms with Crippen molar-refractivity contribution in [3.63, 3.8) is 0 Å². The van der Waals surface area contributed by atoms with Crippen LogP contribution < -0.4 is 19.5 Å². The zero-order valence-corrected chi connectivity index (χ0v) is 19.3. The number of amides is 1. The summed E-state index contributed by atoms with van der Waals surface area (Å²) in [6, 6.07) is 20.3. The minimum Gasteiger partial charge on any atom is -0.486 e. The fourth-order valence-electron chi connectivity index (χ4n) is 3.48. The van der Waals surface area contributed by atoms with Crippen molar-refractivity contribution < 1.29 is 22.7 Å². The van der Waals surface area contributed by atoms with E-state index in [9.17, 15) is 13.2 Å². The maximum absolute atomic E-state index is 12.7. The first-order valence-corrected chi connectivity index (χ1v) is 12.1. The Balaban J connectivity index is 1.40. The molecular weight excluding hydrogens is 440 g/mol. The lowest BCUT2D eigenvalue weighted by molar-refractivity contribution is 0.0945. The van der Waals surface area contributed by atoms with E-state index in [2.05, 4.69) is 10.0 Å². The normalized spacial score (nSPS) is 13.3. The van der Waals surface area contributed by atoms with Crippen LogP contribution in [0.4, 0.5) is 5.69 Å². The highest BCUT2D eigenvalue weighted by molar-refractivity contribution is 7.92. The van der Waals surface area contributed by atoms with Gasteiger partial charge in [0.1, 0.15) is 13.2 Å². The van der Waals surface area contributed by atoms with E-state index in [1.165, 1.54) is 24.3 Å². The number of para-hydroxylation sites is 1. The molecule has 0 aromatic heterocycles. The third-order valence-electron chi connectivity index (χ3n) is 5.47. The average Bonchev–Trinajstić information content (AvgIpc) is 2.82. The van der Waals surface area contributed by atoms with Crippen molar-refractivity contribution in [3.05, 3.63) is 83.9 Å². The van der Waals surface area contributed by atoms with E-state index in [1.807, 2.05) is 32.0 Å². The highest BCUT2D eigenvalue weighted by atomic mass is 32.2. The van der Waals surface area contributed by atoms with Crippen LogP contribution in [0.15, 0.2) is 77.7 Å². The standard InChI is InChI=1S/C25H26N2O5S/c1-25(2,19-10-13-22-23(16-19)32-15-14-31-22)17-26-24(28)18-8-11-21(12-9-18)33(29,30)27-20-6-4-3-5-7-20/h3-13,16,27H,14-15,17H2,1-2H3,(H,26,28). The number of sulfonamides is 1. The number of hydrogen-bond donors (Lipinski definition) is 2. The number of hydrogen-bond acceptors (Lipinski definition) is 5. The van der Waals surface area contributed by atoms with E-state index in [-0.39, 0.29) is 16.2 Å². The third-order valence-corrected chi connectivity index (χ3v) is 6.86. The molecule has 172 valence electrons. The van der Waals surface area contributed by atoms with Crippen LogP contribution in [-0.2, 0) is 15.4 Å². The Morgan fingerprint density at radius 1 is 0.909 bits per heavy atom. The first-order valence-electron chi connectivity index (χ1n) is 10.6. The topological polar surface area (TPSA) is 93.7 Å². The molecule has 0 saturated heterocycles. The van der Waals surface area contributed by atoms with Crippen molar-refractivity contribution in [1.29, 1.82) is 0 Å². The van der Waals surface area contributed by atoms with Gasteiger partial charge in [-0.15, -0.1) is 0 Å². The lowest BCUT2D eigenvalue weighted by Crippen LogP contribution is -2.36. The lowest BCUT2D eigenvalue weighted by Gasteiger charge is -2.28. The quantitative estimate of drug-likeness (QED) is 0.550. The van der Waals surface area contributed by atoms with Gasteiger partial charge in [0.2, 0.25) is 0 Å². The van der Waals surface area contributed by atoms with Gasteiger partial charge < -0.3 is 14.8 Å². The minimum atomic E-state index is -3.74. The van der Waals surface area contributed by atoms with Crippen LogP contribution in [0.1, 0.15) is 29.8 Å². The highest BCUT2D eigenvalue weighted by Gasteiger charge is 2.24. The van der Waals surface area contributed by atoms with E-state index in [0.717, 1.165) is 11.3 Å². The molecule has 1 aliphatic rings. The van der Waals surface area contributed by atoms with Gasteiger partial charge in [0.25, 0.3) is 15.9 Å². The summed E-state index contributed by atoms with van der Waals surface area (Å²) in [5.41, 5.74) is 1.52. The van der Waals surface area contributed by atoms with Gasteiger partial charge in [-0.1, -0.05) is 38.1 Å². The Labute approximate surface area is 193 Å². The van der Waals surface area contributed by atoms with Crippen molar-refractivity contribution in [2.45, 2.75) is 24.2 Å². The minimum absolute atomic E-state index is 0.0829. The summed E-state index contributed by atoms with van der Waals surface area (Å²) in [5, 5.41) is 2.94. The third kappa shape index (κ3) is 5.28. The number of fused-ring (bicyclic) bond motifs is 1. The van der Waals surface area contributed by atoms with E-state index < -0.39 is 10.0 Å². The second-order valence-corrected chi connectivity index (χ2v) is 10.1. The van der Waals surface area contributed by atoms with Crippen LogP contribution in [-0.4, -0.2) is 34.1 Å². The maximum atomic E-state index is 12.7. The summed E-state index contributed by atoms with van der Waals surface area (Å²) in [5.74, 6) is 1.15. The van der Waals surface area contributed by atoms with Gasteiger partial charge in [-0.05, 0) is 54.1 Å². The Hall–Kier alpha value is -3.52. The van der Waals surface area contributed by atoms with Crippen molar-refractivity contribution >= 4 is 21.6 Å². The summed E-state index contributed by atoms with van der Waals surface area (Å²) in [6.07, 6.45) is 0. The Kier molecular flexibility index (Phi) is 6.29. The Bertz CT molecular complexity index is 1240. The molecule has 3 aromatic rings. The molecule has 0 fully saturated rings. The molecular formula is C25H26N2O5S. The number of ether oxygens (including phenoxy) is 2. The molecule has 0 aliphatic carbocycles. The zero-order valence-electron chi connectivity index (χ0n) is 18.5. The van der Waals surface area contributed by atoms with Crippen molar-refractivity contribution in [2.75, 3.05) is 24.5 Å². The van der Waals surface area contributed by atoms with Gasteiger partial charge in [0, 0.05) is 23.2 Å². The molecule has 2 N–H and O–H groups in total. The first-order chi connectivity index (χ1) is 15.7. The molecule has 4 rings (SSSR count). The largest absolute Gasteiger partial charge is 0.486 e. The van der Waals surface area contributed by atoms with Crippen molar-refractivity contribution in [1.82, 2.24) is 5.32 Å². The van der Waals surface area contributed by atoms with E-state index >= 15 is 0 Å². The molecule has 1 heterocycles. The summed E-state index contributed by atoms with van der Waals surface area (Å²) >= 11 is 0. The number of benzene rings is 3. The number of carbonyl (C=O) groups is 1. The van der Waals surface area contributed by atoms with Gasteiger partial charge >= 0.3 is 0 Å². The summed E-state index contributed by atoms with van der Waals surface area (Å²) in [7, 11) is -3.74. The average molecular weight is 467 g/mol. The van der Waals surface area contributed by atoms with Crippen LogP contribution in [0.5, 0.6) is 11.5 Å². The number of nitrogens with one attached hydrogen (secondary N) is 2. The summed E-state index contributed by atoms with van der Waals surface area (Å²) in [6.45, 7) is 5.50. The van der Waals surface area contributed by atoms with Crippen LogP contribution in [0.3, 0.4) is 0 Å². The molecule has 0 saturated carbocycles. The molecule has 1 aliphatic heterocycles. The molecule has 7 nitrogen and oxygen atoms in total. The van der Waals surface area contributed by atoms with Crippen LogP contribution >= 0.6 is 0 Å². The van der Waals surface area contributed by atoms with E-state index in [0.29, 0.717) is 36.8 Å². The van der Waals surface area contributed by atoms with Gasteiger partial charge in [-0.3, -0.25) is 9.52 Å². The van der Waals surface area contributed by atoms with Gasteiger partial charge in [0.05, 0.1) is 4.90 Å². The van der Waals surface area contributed by atoms with Crippen LogP contribution in [0.25, 0.3) is 0 Å². The molecule has 0 unspecified atom stereocenters. The fraction of sp³-hybridized carbons (Fsp3) is 0.240. The Morgan fingerprint density at radius 2 is 1.58 bits per heavy atom. The van der Waals surface area contributed by atoms with Crippen LogP contribution in [0.2, 0.25) is 0 Å². The maximum Gasteiger partial charge on any atom is 0.261 e. The molecule has 1 amide bonds. The first kappa shape index (κ1) is 22.7. The van der Waals surface area contributed by atoms with Crippen molar-refractivity contribution in [2.24, 2.45) is 0 Å². The van der Waals surface area contributed by atoms with Gasteiger partial charge in [-0.25, -0.2) is 8.42 Å². The predicted octanol–water partition coefficient (Wildman–Crippen LogP) is 3.97. The summed E-state index contributed by atoms with van der Waals surface area (Å²) < 4.78 is 38.9. The molecule has 0 bridgehead atoms. The van der Waals surface area contributed by atoms with Crippen molar-refractivity contribution in [3.8, 4) is 11.5 Å². The van der Waals surface area contributed by atoms with Gasteiger partial charge in [-0.2, -0.15) is 0 Å². The van der Waals surface area contributed by atoms with Crippen LogP contribution in [0, 0.1) is 0 Å². The van der Waals surface area contributed by atoms with E-state index in [4.69, 9.17) is 9.47 Å². The lowest BCUT2D eigenvalue weighted by atomic mass is 9.84. The monoisotopic (exact) mass is 466 g/mol. The molecule has 33 heavy (non-hydrogen) atoms.